The lowest BCUT2D eigenvalue weighted by molar-refractivity contribution is 0.0978. The van der Waals surface area contributed by atoms with Crippen molar-refractivity contribution in [3.63, 3.8) is 0 Å². The van der Waals surface area contributed by atoms with Crippen molar-refractivity contribution in [1.29, 1.82) is 0 Å². The molecular formula is C98H90ClF2N17O10. The zero-order valence-corrected chi connectivity index (χ0v) is 72.7. The highest BCUT2D eigenvalue weighted by molar-refractivity contribution is 6.30. The Morgan fingerprint density at radius 1 is 0.266 bits per heavy atom. The van der Waals surface area contributed by atoms with Crippen LogP contribution in [-0.2, 0) is 64.2 Å². The van der Waals surface area contributed by atoms with Crippen LogP contribution in [0.2, 0.25) is 5.02 Å². The number of pyridine rings is 13. The Morgan fingerprint density at radius 2 is 0.570 bits per heavy atom. The maximum atomic E-state index is 13.3. The SMILES string of the molecule is CCc1cc(Oc2cncc(F)c2)cc(C(=O)Cc2ccc(C)cn2)n1.CCc1cc(Oc2cncc(F)c2)cc(C(=O)Cc2cccc(C)n2)n1.CCc1cc(Oc2cncnc2)cc(C(=O)Cc2cccc(C)n2)n1.CCc1cc(Oc2cncnc2)cc(C(=O)Cc2cccc(C)n2)n1.CCc1cccc(CC(=O)c2cc(Oc3cncc(Cl)c3)cc(C)n2)n1. The number of hydrogen-bond acceptors (Lipinski definition) is 27. The molecule has 0 unspecified atom stereocenters. The summed E-state index contributed by atoms with van der Waals surface area (Å²) >= 11 is 5.92. The second kappa shape index (κ2) is 46.9. The number of ketones is 5. The molecule has 0 fully saturated rings. The summed E-state index contributed by atoms with van der Waals surface area (Å²) in [4.78, 5) is 134. The van der Waals surface area contributed by atoms with Crippen LogP contribution in [0, 0.1) is 46.3 Å². The van der Waals surface area contributed by atoms with E-state index in [1.807, 2.05) is 166 Å². The normalized spacial score (nSPS) is 10.5. The Balaban J connectivity index is 0.000000155. The number of hydrogen-bond donors (Lipinski definition) is 0. The van der Waals surface area contributed by atoms with Gasteiger partial charge in [-0.05, 0) is 127 Å². The number of aromatic nitrogens is 17. The number of halogens is 3. The van der Waals surface area contributed by atoms with Crippen molar-refractivity contribution in [2.75, 3.05) is 0 Å². The molecule has 30 heteroatoms. The molecule has 128 heavy (non-hydrogen) atoms. The van der Waals surface area contributed by atoms with Gasteiger partial charge in [0.05, 0.1) is 92.9 Å². The molecule has 0 amide bonds. The van der Waals surface area contributed by atoms with Crippen molar-refractivity contribution in [2.45, 2.75) is 133 Å². The average molecular weight is 1740 g/mol. The smallest absolute Gasteiger partial charge is 0.187 e. The predicted octanol–water partition coefficient (Wildman–Crippen LogP) is 19.5. The molecule has 0 spiro atoms. The number of ether oxygens (including phenoxy) is 5. The molecule has 15 heterocycles. The minimum atomic E-state index is -0.492. The molecule has 15 aromatic heterocycles. The molecule has 0 saturated heterocycles. The van der Waals surface area contributed by atoms with Gasteiger partial charge in [0.15, 0.2) is 40.4 Å². The van der Waals surface area contributed by atoms with E-state index in [1.165, 1.54) is 43.4 Å². The molecule has 15 aromatic rings. The van der Waals surface area contributed by atoms with Crippen molar-refractivity contribution < 1.29 is 56.4 Å². The zero-order chi connectivity index (χ0) is 90.9. The number of rotatable bonds is 30. The predicted molar refractivity (Wildman–Crippen MR) is 475 cm³/mol. The molecule has 0 aliphatic heterocycles. The van der Waals surface area contributed by atoms with E-state index in [0.717, 1.165) is 75.6 Å². The lowest BCUT2D eigenvalue weighted by Gasteiger charge is -2.09. The fourth-order valence-corrected chi connectivity index (χ4v) is 12.3. The highest BCUT2D eigenvalue weighted by atomic mass is 35.5. The van der Waals surface area contributed by atoms with E-state index in [2.05, 4.69) is 84.7 Å². The molecule has 0 bridgehead atoms. The number of carbonyl (C=O) groups excluding carboxylic acids is 5. The van der Waals surface area contributed by atoms with E-state index >= 15 is 0 Å². The van der Waals surface area contributed by atoms with Crippen molar-refractivity contribution in [3.8, 4) is 57.5 Å². The van der Waals surface area contributed by atoms with E-state index in [1.54, 1.807) is 91.8 Å². The minimum absolute atomic E-state index is 0.0949. The highest BCUT2D eigenvalue weighted by Crippen LogP contribution is 2.30. The standard InChI is InChI=1S/C20H18ClN3O2.2C20H18FN3O2.2C19H18N4O2/c1-3-15-5-4-6-16(24-15)9-20(25)19-10-17(7-13(2)23-19)26-18-8-14(21)11-22-12-18;1-3-15-7-17(26-18-6-14(21)11-22-12-18)9-19(24-15)20(25)8-16-5-4-13(2)10-23-16;1-3-15-8-17(26-18-7-14(21)11-22-12-18)10-19(24-15)20(25)9-16-6-4-5-13(2)23-16;2*1-3-14-7-16(25-17-10-20-12-21-11-17)9-18(23-14)19(24)8-15-6-4-5-13(2)22-15/h4-8,10-12H,3,9H2,1-2H3;4-7,9-12H,3,8H2,1-2H3;4-8,10-12H,3,9H2,1-2H3;2*4-7,9-12H,3,8H2,1-2H3. The maximum Gasteiger partial charge on any atom is 0.187 e. The summed E-state index contributed by atoms with van der Waals surface area (Å²) in [6.45, 7) is 19.3. The quantitative estimate of drug-likeness (QED) is 0.0377. The Bertz CT molecular complexity index is 6200. The van der Waals surface area contributed by atoms with E-state index in [9.17, 15) is 32.8 Å². The van der Waals surface area contributed by atoms with Gasteiger partial charge >= 0.3 is 0 Å². The van der Waals surface area contributed by atoms with Gasteiger partial charge in [0, 0.05) is 171 Å². The van der Waals surface area contributed by atoms with Crippen LogP contribution < -0.4 is 23.7 Å². The average Bonchev–Trinajstić information content (AvgIpc) is 0.846. The fraction of sp³-hybridized carbons (Fsp3) is 0.204. The van der Waals surface area contributed by atoms with Gasteiger partial charge in [-0.2, -0.15) is 0 Å². The van der Waals surface area contributed by atoms with E-state index in [0.29, 0.717) is 134 Å². The summed E-state index contributed by atoms with van der Waals surface area (Å²) < 4.78 is 55.1. The van der Waals surface area contributed by atoms with E-state index in [4.69, 9.17) is 35.3 Å². The molecule has 0 aliphatic rings. The Hall–Kier alpha value is -15.4. The van der Waals surface area contributed by atoms with Crippen LogP contribution in [0.15, 0.2) is 245 Å². The third-order valence-corrected chi connectivity index (χ3v) is 18.5. The Morgan fingerprint density at radius 3 is 0.906 bits per heavy atom. The summed E-state index contributed by atoms with van der Waals surface area (Å²) in [5.74, 6) is 2.90. The number of aryl methyl sites for hydroxylation is 10. The molecule has 0 aliphatic carbocycles. The largest absolute Gasteiger partial charge is 0.456 e. The van der Waals surface area contributed by atoms with Gasteiger partial charge in [-0.1, -0.05) is 76.6 Å². The van der Waals surface area contributed by atoms with E-state index in [-0.39, 0.29) is 72.5 Å². The molecule has 0 N–H and O–H groups in total. The van der Waals surface area contributed by atoms with Crippen LogP contribution in [0.3, 0.4) is 0 Å². The lowest BCUT2D eigenvalue weighted by Crippen LogP contribution is -2.09. The van der Waals surface area contributed by atoms with Crippen molar-refractivity contribution in [3.05, 3.63) is 375 Å². The van der Waals surface area contributed by atoms with Crippen molar-refractivity contribution in [1.82, 2.24) is 84.7 Å². The van der Waals surface area contributed by atoms with Crippen LogP contribution >= 0.6 is 11.6 Å². The second-order valence-electron chi connectivity index (χ2n) is 28.7. The second-order valence-corrected chi connectivity index (χ2v) is 29.2. The number of nitrogens with zero attached hydrogens (tertiary/aromatic N) is 17. The van der Waals surface area contributed by atoms with Crippen LogP contribution in [0.4, 0.5) is 8.78 Å². The fourth-order valence-electron chi connectivity index (χ4n) is 12.1. The van der Waals surface area contributed by atoms with Gasteiger partial charge in [-0.3, -0.25) is 63.8 Å². The van der Waals surface area contributed by atoms with Gasteiger partial charge in [0.1, 0.15) is 98.8 Å². The molecular weight excluding hydrogens is 1650 g/mol. The summed E-state index contributed by atoms with van der Waals surface area (Å²) in [7, 11) is 0. The lowest BCUT2D eigenvalue weighted by atomic mass is 10.1. The van der Waals surface area contributed by atoms with Crippen molar-refractivity contribution in [2.24, 2.45) is 0 Å². The summed E-state index contributed by atoms with van der Waals surface area (Å²) in [5.41, 5.74) is 13.6. The van der Waals surface area contributed by atoms with E-state index < -0.39 is 11.6 Å². The molecule has 0 radical (unpaired) electrons. The first kappa shape index (κ1) is 93.3. The van der Waals surface area contributed by atoms with Crippen LogP contribution in [0.1, 0.15) is 172 Å². The van der Waals surface area contributed by atoms with Gasteiger partial charge in [-0.25, -0.2) is 53.6 Å². The van der Waals surface area contributed by atoms with Crippen LogP contribution in [0.5, 0.6) is 57.5 Å². The molecule has 0 aromatic carbocycles. The first-order valence-electron chi connectivity index (χ1n) is 40.9. The van der Waals surface area contributed by atoms with Gasteiger partial charge in [-0.15, -0.1) is 0 Å². The summed E-state index contributed by atoms with van der Waals surface area (Å²) in [5, 5.41) is 0.478. The van der Waals surface area contributed by atoms with Gasteiger partial charge < -0.3 is 23.7 Å². The topological polar surface area (TPSA) is 351 Å². The highest BCUT2D eigenvalue weighted by Gasteiger charge is 2.21. The summed E-state index contributed by atoms with van der Waals surface area (Å²) in [6, 6.07) is 47.3. The van der Waals surface area contributed by atoms with Gasteiger partial charge in [0.2, 0.25) is 0 Å². The molecule has 648 valence electrons. The first-order chi connectivity index (χ1) is 61.9. The minimum Gasteiger partial charge on any atom is -0.456 e. The summed E-state index contributed by atoms with van der Waals surface area (Å²) in [6.07, 6.45) is 23.4. The monoisotopic (exact) mass is 1740 g/mol. The molecule has 0 saturated carbocycles. The zero-order valence-electron chi connectivity index (χ0n) is 72.0. The van der Waals surface area contributed by atoms with Crippen molar-refractivity contribution >= 4 is 40.5 Å². The van der Waals surface area contributed by atoms with Crippen LogP contribution in [-0.4, -0.2) is 114 Å². The molecule has 27 nitrogen and oxygen atoms in total. The third kappa shape index (κ3) is 30.0. The molecule has 15 rings (SSSR count). The third-order valence-electron chi connectivity index (χ3n) is 18.2. The van der Waals surface area contributed by atoms with Crippen LogP contribution in [0.25, 0.3) is 0 Å². The van der Waals surface area contributed by atoms with Gasteiger partial charge in [0.25, 0.3) is 0 Å². The maximum absolute atomic E-state index is 13.3. The molecule has 0 atom stereocenters. The first-order valence-corrected chi connectivity index (χ1v) is 41.3. The Kier molecular flexibility index (Phi) is 34.2. The number of carbonyl (C=O) groups is 5. The Labute approximate surface area is 743 Å². The number of Topliss-reactive ketones (excluding diaryl/α,β-unsaturated/α-hetero) is 5.